The van der Waals surface area contributed by atoms with Gasteiger partial charge in [-0.1, -0.05) is 28.1 Å². The average molecular weight is 439 g/mol. The molecular weight excluding hydrogens is 418 g/mol. The van der Waals surface area contributed by atoms with E-state index in [0.29, 0.717) is 12.5 Å². The van der Waals surface area contributed by atoms with Gasteiger partial charge in [-0.3, -0.25) is 4.79 Å². The van der Waals surface area contributed by atoms with Crippen LogP contribution >= 0.6 is 15.9 Å². The van der Waals surface area contributed by atoms with Crippen molar-refractivity contribution in [2.45, 2.75) is 13.1 Å². The van der Waals surface area contributed by atoms with Crippen LogP contribution in [-0.4, -0.2) is 37.4 Å². The first kappa shape index (κ1) is 20.8. The van der Waals surface area contributed by atoms with Gasteiger partial charge in [0.05, 0.1) is 13.1 Å². The fourth-order valence-corrected chi connectivity index (χ4v) is 2.37. The number of amides is 1. The van der Waals surface area contributed by atoms with E-state index in [1.807, 2.05) is 24.3 Å². The summed E-state index contributed by atoms with van der Waals surface area (Å²) >= 11 is 3.37. The van der Waals surface area contributed by atoms with Gasteiger partial charge in [0, 0.05) is 30.7 Å². The molecule has 0 bridgehead atoms. The third-order valence-corrected chi connectivity index (χ3v) is 4.22. The molecule has 144 valence electrons. The molecule has 0 aliphatic rings. The molecule has 0 saturated heterocycles. The van der Waals surface area contributed by atoms with E-state index in [0.717, 1.165) is 28.2 Å². The van der Waals surface area contributed by atoms with Gasteiger partial charge >= 0.3 is 0 Å². The van der Waals surface area contributed by atoms with Crippen LogP contribution in [0.2, 0.25) is 0 Å². The maximum atomic E-state index is 13.8. The number of rotatable bonds is 6. The van der Waals surface area contributed by atoms with Gasteiger partial charge in [0.25, 0.3) is 0 Å². The number of aliphatic imine (C=N–C) groups is 1. The molecule has 0 spiro atoms. The van der Waals surface area contributed by atoms with Crippen LogP contribution in [0.15, 0.2) is 51.9 Å². The van der Waals surface area contributed by atoms with Crippen LogP contribution in [-0.2, 0) is 17.9 Å². The van der Waals surface area contributed by atoms with Crippen molar-refractivity contribution >= 4 is 27.8 Å². The third kappa shape index (κ3) is 6.97. The lowest BCUT2D eigenvalue weighted by molar-refractivity contribution is -0.127. The van der Waals surface area contributed by atoms with Crippen molar-refractivity contribution in [3.8, 4) is 0 Å². The molecule has 0 atom stereocenters. The van der Waals surface area contributed by atoms with Crippen molar-refractivity contribution in [3.05, 3.63) is 69.7 Å². The molecule has 0 heterocycles. The topological polar surface area (TPSA) is 56.7 Å². The summed E-state index contributed by atoms with van der Waals surface area (Å²) in [6.45, 7) is 0.432. The van der Waals surface area contributed by atoms with Crippen molar-refractivity contribution in [1.29, 1.82) is 0 Å². The van der Waals surface area contributed by atoms with Crippen molar-refractivity contribution in [2.75, 3.05) is 20.6 Å². The van der Waals surface area contributed by atoms with Gasteiger partial charge in [-0.2, -0.15) is 0 Å². The van der Waals surface area contributed by atoms with Crippen LogP contribution in [0.4, 0.5) is 8.78 Å². The van der Waals surface area contributed by atoms with Crippen LogP contribution in [0.25, 0.3) is 0 Å². The lowest BCUT2D eigenvalue weighted by Crippen LogP contribution is -2.42. The molecule has 27 heavy (non-hydrogen) atoms. The molecule has 8 heteroatoms. The number of nitrogens with one attached hydrogen (secondary N) is 2. The quantitative estimate of drug-likeness (QED) is 0.538. The molecule has 0 aliphatic carbocycles. The molecule has 0 fully saturated rings. The fourth-order valence-electron chi connectivity index (χ4n) is 2.11. The van der Waals surface area contributed by atoms with E-state index < -0.39 is 11.6 Å². The number of halogens is 3. The van der Waals surface area contributed by atoms with Crippen molar-refractivity contribution in [1.82, 2.24) is 15.5 Å². The molecule has 5 nitrogen and oxygen atoms in total. The average Bonchev–Trinajstić information content (AvgIpc) is 2.64. The van der Waals surface area contributed by atoms with Gasteiger partial charge in [0.2, 0.25) is 5.91 Å². The molecule has 2 rings (SSSR count). The molecule has 0 saturated carbocycles. The Balaban J connectivity index is 2.07. The summed E-state index contributed by atoms with van der Waals surface area (Å²) in [7, 11) is 3.30. The second-order valence-corrected chi connectivity index (χ2v) is 6.94. The zero-order chi connectivity index (χ0) is 19.8. The summed E-state index contributed by atoms with van der Waals surface area (Å²) < 4.78 is 28.1. The SMILES string of the molecule is CN(C)C(=O)CNC(=NCc1ccc(Br)cc1)NCc1cc(F)ccc1F. The lowest BCUT2D eigenvalue weighted by Gasteiger charge is -2.15. The highest BCUT2D eigenvalue weighted by molar-refractivity contribution is 9.10. The predicted octanol–water partition coefficient (Wildman–Crippen LogP) is 3.05. The van der Waals surface area contributed by atoms with Crippen LogP contribution in [0.1, 0.15) is 11.1 Å². The summed E-state index contributed by atoms with van der Waals surface area (Å²) in [5, 5.41) is 5.84. The van der Waals surface area contributed by atoms with Crippen molar-refractivity contribution in [2.24, 2.45) is 4.99 Å². The van der Waals surface area contributed by atoms with Crippen LogP contribution in [0, 0.1) is 11.6 Å². The van der Waals surface area contributed by atoms with E-state index in [1.165, 1.54) is 4.90 Å². The number of likely N-dealkylation sites (N-methyl/N-ethyl adjacent to an activating group) is 1. The highest BCUT2D eigenvalue weighted by atomic mass is 79.9. The summed E-state index contributed by atoms with van der Waals surface area (Å²) in [4.78, 5) is 17.7. The molecule has 0 aromatic heterocycles. The number of benzene rings is 2. The molecule has 2 N–H and O–H groups in total. The van der Waals surface area contributed by atoms with Gasteiger partial charge in [0.1, 0.15) is 11.6 Å². The smallest absolute Gasteiger partial charge is 0.241 e. The van der Waals surface area contributed by atoms with Gasteiger partial charge in [-0.05, 0) is 35.9 Å². The summed E-state index contributed by atoms with van der Waals surface area (Å²) in [6.07, 6.45) is 0. The maximum absolute atomic E-state index is 13.8. The fraction of sp³-hybridized carbons (Fsp3) is 0.263. The van der Waals surface area contributed by atoms with Gasteiger partial charge in [0.15, 0.2) is 5.96 Å². The Morgan fingerprint density at radius 3 is 2.48 bits per heavy atom. The first-order chi connectivity index (χ1) is 12.8. The second-order valence-electron chi connectivity index (χ2n) is 6.02. The van der Waals surface area contributed by atoms with Crippen molar-refractivity contribution < 1.29 is 13.6 Å². The summed E-state index contributed by atoms with van der Waals surface area (Å²) in [6, 6.07) is 10.9. The normalized spacial score (nSPS) is 11.2. The van der Waals surface area contributed by atoms with Gasteiger partial charge in [-0.25, -0.2) is 13.8 Å². The van der Waals surface area contributed by atoms with Gasteiger partial charge in [-0.15, -0.1) is 0 Å². The first-order valence-corrected chi connectivity index (χ1v) is 9.05. The monoisotopic (exact) mass is 438 g/mol. The number of hydrogen-bond acceptors (Lipinski definition) is 2. The molecule has 0 radical (unpaired) electrons. The second kappa shape index (κ2) is 10.0. The Morgan fingerprint density at radius 2 is 1.81 bits per heavy atom. The van der Waals surface area contributed by atoms with Gasteiger partial charge < -0.3 is 15.5 Å². The third-order valence-electron chi connectivity index (χ3n) is 3.69. The van der Waals surface area contributed by atoms with E-state index in [9.17, 15) is 13.6 Å². The predicted molar refractivity (Wildman–Crippen MR) is 105 cm³/mol. The molecular formula is C19H21BrF2N4O. The Morgan fingerprint density at radius 1 is 1.11 bits per heavy atom. The summed E-state index contributed by atoms with van der Waals surface area (Å²) in [5.74, 6) is -0.834. The Hall–Kier alpha value is -2.48. The minimum absolute atomic E-state index is 0.0325. The lowest BCUT2D eigenvalue weighted by atomic mass is 10.2. The largest absolute Gasteiger partial charge is 0.352 e. The van der Waals surface area contributed by atoms with Crippen LogP contribution < -0.4 is 10.6 Å². The standard InChI is InChI=1S/C19H21BrF2N4O/c1-26(2)18(27)12-25-19(23-10-13-3-5-15(20)6-4-13)24-11-14-9-16(21)7-8-17(14)22/h3-9H,10-12H2,1-2H3,(H2,23,24,25). The number of guanidine groups is 1. The first-order valence-electron chi connectivity index (χ1n) is 8.26. The molecule has 0 unspecified atom stereocenters. The molecule has 0 aliphatic heterocycles. The zero-order valence-corrected chi connectivity index (χ0v) is 16.7. The molecule has 2 aromatic carbocycles. The Kier molecular flexibility index (Phi) is 7.72. The number of carbonyl (C=O) groups excluding carboxylic acids is 1. The number of nitrogens with zero attached hydrogens (tertiary/aromatic N) is 2. The van der Waals surface area contributed by atoms with E-state index >= 15 is 0 Å². The Labute approximate surface area is 165 Å². The molecule has 1 amide bonds. The van der Waals surface area contributed by atoms with E-state index in [2.05, 4.69) is 31.6 Å². The molecule has 2 aromatic rings. The maximum Gasteiger partial charge on any atom is 0.241 e. The van der Waals surface area contributed by atoms with Crippen LogP contribution in [0.5, 0.6) is 0 Å². The van der Waals surface area contributed by atoms with Crippen molar-refractivity contribution in [3.63, 3.8) is 0 Å². The number of carbonyl (C=O) groups is 1. The minimum Gasteiger partial charge on any atom is -0.352 e. The van der Waals surface area contributed by atoms with Crippen LogP contribution in [0.3, 0.4) is 0 Å². The number of hydrogen-bond donors (Lipinski definition) is 2. The Bertz CT molecular complexity index is 810. The highest BCUT2D eigenvalue weighted by Crippen LogP contribution is 2.11. The van der Waals surface area contributed by atoms with E-state index in [1.54, 1.807) is 14.1 Å². The van der Waals surface area contributed by atoms with E-state index in [4.69, 9.17) is 0 Å². The summed E-state index contributed by atoms with van der Waals surface area (Å²) in [5.41, 5.74) is 1.14. The minimum atomic E-state index is -0.516. The highest BCUT2D eigenvalue weighted by Gasteiger charge is 2.08. The van der Waals surface area contributed by atoms with E-state index in [-0.39, 0.29) is 24.6 Å². The zero-order valence-electron chi connectivity index (χ0n) is 15.1.